The Hall–Kier alpha value is -3.27. The van der Waals surface area contributed by atoms with Crippen molar-refractivity contribution in [2.45, 2.75) is 33.2 Å². The highest BCUT2D eigenvalue weighted by molar-refractivity contribution is 5.75. The van der Waals surface area contributed by atoms with Crippen molar-refractivity contribution in [2.24, 2.45) is 0 Å². The quantitative estimate of drug-likeness (QED) is 0.603. The first-order chi connectivity index (χ1) is 13.9. The molecular weight excluding hydrogens is 370 g/mol. The van der Waals surface area contributed by atoms with Gasteiger partial charge in [-0.2, -0.15) is 5.26 Å². The van der Waals surface area contributed by atoms with Gasteiger partial charge in [-0.15, -0.1) is 0 Å². The van der Waals surface area contributed by atoms with Crippen LogP contribution in [0.1, 0.15) is 35.2 Å². The molecule has 0 aliphatic heterocycles. The molecule has 154 valence electrons. The summed E-state index contributed by atoms with van der Waals surface area (Å²) < 4.78 is 16.4. The minimum atomic E-state index is 0.0149. The van der Waals surface area contributed by atoms with E-state index in [4.69, 9.17) is 19.5 Å². The summed E-state index contributed by atoms with van der Waals surface area (Å²) in [5.74, 6) is 1.88. The predicted molar refractivity (Wildman–Crippen MR) is 109 cm³/mol. The van der Waals surface area contributed by atoms with Crippen LogP contribution in [0.15, 0.2) is 24.4 Å². The second-order valence-corrected chi connectivity index (χ2v) is 6.73. The Morgan fingerprint density at radius 3 is 2.62 bits per heavy atom. The maximum absolute atomic E-state index is 12.4. The van der Waals surface area contributed by atoms with Crippen LogP contribution < -0.4 is 14.2 Å². The average Bonchev–Trinajstić information content (AvgIpc) is 2.73. The lowest BCUT2D eigenvalue weighted by atomic mass is 10.1. The van der Waals surface area contributed by atoms with E-state index >= 15 is 0 Å². The van der Waals surface area contributed by atoms with Crippen molar-refractivity contribution in [3.8, 4) is 23.3 Å². The highest BCUT2D eigenvalue weighted by atomic mass is 16.5. The SMILES string of the molecule is COc1cc(C#N)ccc1OCCCC(=O)N(C)Cc1ncc(C)c(OC)c1C. The molecule has 0 atom stereocenters. The topological polar surface area (TPSA) is 84.7 Å². The Bertz CT molecular complexity index is 906. The molecule has 0 radical (unpaired) electrons. The number of nitriles is 1. The van der Waals surface area contributed by atoms with Crippen LogP contribution in [0.5, 0.6) is 17.2 Å². The van der Waals surface area contributed by atoms with Crippen molar-refractivity contribution in [1.82, 2.24) is 9.88 Å². The fourth-order valence-electron chi connectivity index (χ4n) is 3.00. The third-order valence-corrected chi connectivity index (χ3v) is 4.65. The van der Waals surface area contributed by atoms with Crippen LogP contribution in [0.4, 0.5) is 0 Å². The van der Waals surface area contributed by atoms with Gasteiger partial charge in [0.15, 0.2) is 11.5 Å². The Morgan fingerprint density at radius 2 is 1.97 bits per heavy atom. The van der Waals surface area contributed by atoms with Crippen LogP contribution in [0.25, 0.3) is 0 Å². The Morgan fingerprint density at radius 1 is 1.21 bits per heavy atom. The van der Waals surface area contributed by atoms with Crippen LogP contribution in [0.3, 0.4) is 0 Å². The van der Waals surface area contributed by atoms with Gasteiger partial charge in [0.05, 0.1) is 44.7 Å². The van der Waals surface area contributed by atoms with Crippen molar-refractivity contribution < 1.29 is 19.0 Å². The lowest BCUT2D eigenvalue weighted by molar-refractivity contribution is -0.130. The van der Waals surface area contributed by atoms with Gasteiger partial charge in [-0.1, -0.05) is 0 Å². The number of benzene rings is 1. The molecule has 7 heteroatoms. The van der Waals surface area contributed by atoms with E-state index in [1.807, 2.05) is 13.8 Å². The molecule has 1 aromatic carbocycles. The number of nitrogens with zero attached hydrogens (tertiary/aromatic N) is 3. The first-order valence-electron chi connectivity index (χ1n) is 9.35. The van der Waals surface area contributed by atoms with E-state index in [0.29, 0.717) is 43.1 Å². The Balaban J connectivity index is 1.86. The molecular formula is C22H27N3O4. The van der Waals surface area contributed by atoms with Gasteiger partial charge >= 0.3 is 0 Å². The second kappa shape index (κ2) is 10.3. The van der Waals surface area contributed by atoms with Gasteiger partial charge in [0.2, 0.25) is 5.91 Å². The van der Waals surface area contributed by atoms with Gasteiger partial charge in [0.1, 0.15) is 5.75 Å². The average molecular weight is 397 g/mol. The molecule has 0 bridgehead atoms. The van der Waals surface area contributed by atoms with E-state index in [1.165, 1.54) is 7.11 Å². The van der Waals surface area contributed by atoms with Crippen LogP contribution in [-0.4, -0.2) is 43.7 Å². The van der Waals surface area contributed by atoms with Gasteiger partial charge in [0, 0.05) is 36.9 Å². The van der Waals surface area contributed by atoms with Gasteiger partial charge in [0.25, 0.3) is 0 Å². The van der Waals surface area contributed by atoms with Crippen molar-refractivity contribution in [2.75, 3.05) is 27.9 Å². The summed E-state index contributed by atoms with van der Waals surface area (Å²) in [6.07, 6.45) is 2.69. The van der Waals surface area contributed by atoms with Crippen molar-refractivity contribution >= 4 is 5.91 Å². The summed E-state index contributed by atoms with van der Waals surface area (Å²) in [6.45, 7) is 4.69. The van der Waals surface area contributed by atoms with E-state index in [9.17, 15) is 4.79 Å². The molecule has 0 aliphatic carbocycles. The molecule has 0 saturated carbocycles. The van der Waals surface area contributed by atoms with Gasteiger partial charge in [-0.05, 0) is 32.4 Å². The minimum Gasteiger partial charge on any atom is -0.496 e. The zero-order valence-electron chi connectivity index (χ0n) is 17.6. The molecule has 0 N–H and O–H groups in total. The van der Waals surface area contributed by atoms with E-state index in [0.717, 1.165) is 22.6 Å². The molecule has 2 aromatic rings. The number of carbonyl (C=O) groups is 1. The van der Waals surface area contributed by atoms with Crippen molar-refractivity contribution in [3.63, 3.8) is 0 Å². The third-order valence-electron chi connectivity index (χ3n) is 4.65. The number of aromatic nitrogens is 1. The third kappa shape index (κ3) is 5.61. The molecule has 0 aliphatic rings. The van der Waals surface area contributed by atoms with Crippen LogP contribution in [0, 0.1) is 25.2 Å². The maximum atomic E-state index is 12.4. The number of methoxy groups -OCH3 is 2. The smallest absolute Gasteiger partial charge is 0.222 e. The number of hydrogen-bond donors (Lipinski definition) is 0. The van der Waals surface area contributed by atoms with E-state index in [-0.39, 0.29) is 5.91 Å². The standard InChI is InChI=1S/C22H27N3O4/c1-15-13-24-18(16(2)22(15)28-5)14-25(3)21(26)7-6-10-29-19-9-8-17(12-23)11-20(19)27-4/h8-9,11,13H,6-7,10,14H2,1-5H3. The lowest BCUT2D eigenvalue weighted by Crippen LogP contribution is -2.27. The minimum absolute atomic E-state index is 0.0149. The molecule has 1 aromatic heterocycles. The number of amides is 1. The summed E-state index contributed by atoms with van der Waals surface area (Å²) in [7, 11) is 4.93. The summed E-state index contributed by atoms with van der Waals surface area (Å²) in [5.41, 5.74) is 3.24. The number of carbonyl (C=O) groups excluding carboxylic acids is 1. The van der Waals surface area contributed by atoms with Gasteiger partial charge in [-0.25, -0.2) is 0 Å². The number of ether oxygens (including phenoxy) is 3. The van der Waals surface area contributed by atoms with E-state index < -0.39 is 0 Å². The van der Waals surface area contributed by atoms with Gasteiger partial charge < -0.3 is 19.1 Å². The van der Waals surface area contributed by atoms with Crippen molar-refractivity contribution in [3.05, 3.63) is 46.8 Å². The zero-order valence-corrected chi connectivity index (χ0v) is 17.6. The first-order valence-corrected chi connectivity index (χ1v) is 9.35. The fourth-order valence-corrected chi connectivity index (χ4v) is 3.00. The molecule has 0 spiro atoms. The Labute approximate surface area is 171 Å². The molecule has 7 nitrogen and oxygen atoms in total. The normalized spacial score (nSPS) is 10.2. The maximum Gasteiger partial charge on any atom is 0.222 e. The number of hydrogen-bond acceptors (Lipinski definition) is 6. The van der Waals surface area contributed by atoms with Crippen LogP contribution in [-0.2, 0) is 11.3 Å². The molecule has 1 amide bonds. The number of pyridine rings is 1. The summed E-state index contributed by atoms with van der Waals surface area (Å²) in [6, 6.07) is 7.05. The lowest BCUT2D eigenvalue weighted by Gasteiger charge is -2.19. The number of rotatable bonds is 9. The van der Waals surface area contributed by atoms with Crippen LogP contribution in [0.2, 0.25) is 0 Å². The molecule has 0 fully saturated rings. The fraction of sp³-hybridized carbons (Fsp3) is 0.409. The second-order valence-electron chi connectivity index (χ2n) is 6.73. The molecule has 0 unspecified atom stereocenters. The monoisotopic (exact) mass is 397 g/mol. The Kier molecular flexibility index (Phi) is 7.84. The molecule has 2 rings (SSSR count). The summed E-state index contributed by atoms with van der Waals surface area (Å²) >= 11 is 0. The molecule has 0 saturated heterocycles. The molecule has 1 heterocycles. The summed E-state index contributed by atoms with van der Waals surface area (Å²) in [5, 5.41) is 8.94. The number of aryl methyl sites for hydroxylation is 1. The predicted octanol–water partition coefficient (Wildman–Crippen LogP) is 3.40. The zero-order chi connectivity index (χ0) is 21.4. The summed E-state index contributed by atoms with van der Waals surface area (Å²) in [4.78, 5) is 18.6. The highest BCUT2D eigenvalue weighted by Gasteiger charge is 2.15. The van der Waals surface area contributed by atoms with E-state index in [2.05, 4.69) is 11.1 Å². The van der Waals surface area contributed by atoms with Crippen LogP contribution >= 0.6 is 0 Å². The van der Waals surface area contributed by atoms with Crippen molar-refractivity contribution in [1.29, 1.82) is 5.26 Å². The highest BCUT2D eigenvalue weighted by Crippen LogP contribution is 2.28. The molecule has 29 heavy (non-hydrogen) atoms. The largest absolute Gasteiger partial charge is 0.496 e. The first kappa shape index (κ1) is 22.0. The van der Waals surface area contributed by atoms with Gasteiger partial charge in [-0.3, -0.25) is 9.78 Å². The van der Waals surface area contributed by atoms with E-state index in [1.54, 1.807) is 43.5 Å².